The zero-order chi connectivity index (χ0) is 13.8. The van der Waals surface area contributed by atoms with E-state index in [1.165, 1.54) is 16.7 Å². The highest BCUT2D eigenvalue weighted by molar-refractivity contribution is 5.97. The minimum absolute atomic E-state index is 0.234. The standard InChI is InChI=1S/C18H20O/c1-13-10-14(2)12-16(11-13)8-9-18(19)17-7-5-4-6-15(17)3/h4-7,10-12H,8-9H2,1-3H3. The van der Waals surface area contributed by atoms with Gasteiger partial charge in [0.2, 0.25) is 0 Å². The van der Waals surface area contributed by atoms with Gasteiger partial charge in [-0.25, -0.2) is 0 Å². The molecule has 2 rings (SSSR count). The Labute approximate surface area is 115 Å². The highest BCUT2D eigenvalue weighted by atomic mass is 16.1. The fourth-order valence-electron chi connectivity index (χ4n) is 2.49. The van der Waals surface area contributed by atoms with Crippen LogP contribution < -0.4 is 0 Å². The molecule has 0 radical (unpaired) electrons. The number of carbonyl (C=O) groups is 1. The molecule has 0 heterocycles. The first-order valence-corrected chi connectivity index (χ1v) is 6.72. The van der Waals surface area contributed by atoms with Crippen molar-refractivity contribution in [3.05, 3.63) is 70.3 Å². The minimum Gasteiger partial charge on any atom is -0.294 e. The van der Waals surface area contributed by atoms with Crippen LogP contribution in [0.1, 0.15) is 39.0 Å². The van der Waals surface area contributed by atoms with Crippen LogP contribution in [0.5, 0.6) is 0 Å². The largest absolute Gasteiger partial charge is 0.294 e. The monoisotopic (exact) mass is 252 g/mol. The molecular weight excluding hydrogens is 232 g/mol. The Balaban J connectivity index is 2.07. The Hall–Kier alpha value is -1.89. The Morgan fingerprint density at radius 3 is 2.21 bits per heavy atom. The Morgan fingerprint density at radius 2 is 1.58 bits per heavy atom. The second-order valence-electron chi connectivity index (χ2n) is 5.23. The first-order valence-electron chi connectivity index (χ1n) is 6.72. The van der Waals surface area contributed by atoms with E-state index in [2.05, 4.69) is 32.0 Å². The summed E-state index contributed by atoms with van der Waals surface area (Å²) < 4.78 is 0. The van der Waals surface area contributed by atoms with Gasteiger partial charge in [0.25, 0.3) is 0 Å². The van der Waals surface area contributed by atoms with Crippen molar-refractivity contribution in [1.29, 1.82) is 0 Å². The van der Waals surface area contributed by atoms with E-state index in [4.69, 9.17) is 0 Å². The van der Waals surface area contributed by atoms with E-state index in [1.807, 2.05) is 31.2 Å². The second-order valence-corrected chi connectivity index (χ2v) is 5.23. The van der Waals surface area contributed by atoms with Gasteiger partial charge in [-0.1, -0.05) is 53.6 Å². The molecule has 98 valence electrons. The molecule has 1 heteroatoms. The average Bonchev–Trinajstić information content (AvgIpc) is 2.35. The van der Waals surface area contributed by atoms with Crippen molar-refractivity contribution in [3.63, 3.8) is 0 Å². The third-order valence-corrected chi connectivity index (χ3v) is 3.37. The number of hydrogen-bond acceptors (Lipinski definition) is 1. The first kappa shape index (κ1) is 13.5. The van der Waals surface area contributed by atoms with Crippen LogP contribution in [0.4, 0.5) is 0 Å². The average molecular weight is 252 g/mol. The van der Waals surface area contributed by atoms with Gasteiger partial charge >= 0.3 is 0 Å². The molecule has 0 aliphatic heterocycles. The van der Waals surface area contributed by atoms with E-state index in [0.29, 0.717) is 6.42 Å². The van der Waals surface area contributed by atoms with Crippen LogP contribution in [-0.4, -0.2) is 5.78 Å². The minimum atomic E-state index is 0.234. The number of carbonyl (C=O) groups excluding carboxylic acids is 1. The van der Waals surface area contributed by atoms with E-state index in [9.17, 15) is 4.79 Å². The summed E-state index contributed by atoms with van der Waals surface area (Å²) in [7, 11) is 0. The maximum atomic E-state index is 12.2. The number of ketones is 1. The number of aryl methyl sites for hydroxylation is 4. The van der Waals surface area contributed by atoms with Gasteiger partial charge in [0, 0.05) is 12.0 Å². The maximum Gasteiger partial charge on any atom is 0.163 e. The molecule has 0 fully saturated rings. The first-order chi connectivity index (χ1) is 9.06. The molecule has 2 aromatic rings. The lowest BCUT2D eigenvalue weighted by molar-refractivity contribution is 0.0982. The molecule has 2 aromatic carbocycles. The summed E-state index contributed by atoms with van der Waals surface area (Å²) in [5.74, 6) is 0.234. The normalized spacial score (nSPS) is 10.5. The van der Waals surface area contributed by atoms with Gasteiger partial charge in [-0.05, 0) is 38.3 Å². The summed E-state index contributed by atoms with van der Waals surface area (Å²) in [6.07, 6.45) is 1.39. The molecule has 0 amide bonds. The molecule has 0 spiro atoms. The van der Waals surface area contributed by atoms with Crippen LogP contribution in [0.2, 0.25) is 0 Å². The van der Waals surface area contributed by atoms with Crippen molar-refractivity contribution in [2.75, 3.05) is 0 Å². The Morgan fingerprint density at radius 1 is 0.947 bits per heavy atom. The van der Waals surface area contributed by atoms with Crippen molar-refractivity contribution >= 4 is 5.78 Å². The SMILES string of the molecule is Cc1cc(C)cc(CCC(=O)c2ccccc2C)c1. The van der Waals surface area contributed by atoms with Crippen molar-refractivity contribution in [3.8, 4) is 0 Å². The zero-order valence-electron chi connectivity index (χ0n) is 11.9. The molecule has 19 heavy (non-hydrogen) atoms. The van der Waals surface area contributed by atoms with E-state index in [1.54, 1.807) is 0 Å². The maximum absolute atomic E-state index is 12.2. The molecule has 0 aliphatic rings. The van der Waals surface area contributed by atoms with Gasteiger partial charge in [0.05, 0.1) is 0 Å². The van der Waals surface area contributed by atoms with Gasteiger partial charge in [-0.3, -0.25) is 4.79 Å². The number of Topliss-reactive ketones (excluding diaryl/α,β-unsaturated/α-hetero) is 1. The second kappa shape index (κ2) is 5.83. The quantitative estimate of drug-likeness (QED) is 0.736. The number of hydrogen-bond donors (Lipinski definition) is 0. The molecule has 0 atom stereocenters. The molecule has 0 saturated carbocycles. The molecule has 0 bridgehead atoms. The van der Waals surface area contributed by atoms with Crippen LogP contribution in [0, 0.1) is 20.8 Å². The summed E-state index contributed by atoms with van der Waals surface area (Å²) in [4.78, 5) is 12.2. The van der Waals surface area contributed by atoms with Crippen molar-refractivity contribution in [2.45, 2.75) is 33.6 Å². The van der Waals surface area contributed by atoms with E-state index in [0.717, 1.165) is 17.5 Å². The Kier molecular flexibility index (Phi) is 4.16. The topological polar surface area (TPSA) is 17.1 Å². The summed E-state index contributed by atoms with van der Waals surface area (Å²) in [6, 6.07) is 14.3. The van der Waals surface area contributed by atoms with Gasteiger partial charge in [-0.2, -0.15) is 0 Å². The van der Waals surface area contributed by atoms with E-state index in [-0.39, 0.29) is 5.78 Å². The summed E-state index contributed by atoms with van der Waals surface area (Å²) in [6.45, 7) is 6.18. The molecule has 0 N–H and O–H groups in total. The van der Waals surface area contributed by atoms with Gasteiger partial charge in [0.15, 0.2) is 5.78 Å². The molecule has 0 aromatic heterocycles. The van der Waals surface area contributed by atoms with Crippen molar-refractivity contribution in [1.82, 2.24) is 0 Å². The lowest BCUT2D eigenvalue weighted by Gasteiger charge is -2.06. The van der Waals surface area contributed by atoms with Crippen LogP contribution in [0.25, 0.3) is 0 Å². The number of rotatable bonds is 4. The van der Waals surface area contributed by atoms with Gasteiger partial charge in [-0.15, -0.1) is 0 Å². The molecule has 1 nitrogen and oxygen atoms in total. The molecule has 0 unspecified atom stereocenters. The summed E-state index contributed by atoms with van der Waals surface area (Å²) in [5, 5.41) is 0. The van der Waals surface area contributed by atoms with E-state index >= 15 is 0 Å². The lowest BCUT2D eigenvalue weighted by atomic mass is 9.98. The van der Waals surface area contributed by atoms with Crippen molar-refractivity contribution in [2.24, 2.45) is 0 Å². The van der Waals surface area contributed by atoms with Gasteiger partial charge in [0.1, 0.15) is 0 Å². The van der Waals surface area contributed by atoms with Crippen LogP contribution >= 0.6 is 0 Å². The van der Waals surface area contributed by atoms with Crippen LogP contribution in [0.15, 0.2) is 42.5 Å². The van der Waals surface area contributed by atoms with Crippen LogP contribution in [0.3, 0.4) is 0 Å². The predicted octanol–water partition coefficient (Wildman–Crippen LogP) is 4.43. The zero-order valence-corrected chi connectivity index (χ0v) is 11.9. The summed E-state index contributed by atoms with van der Waals surface area (Å²) in [5.41, 5.74) is 5.69. The predicted molar refractivity (Wildman–Crippen MR) is 79.7 cm³/mol. The fraction of sp³-hybridized carbons (Fsp3) is 0.278. The molecular formula is C18H20O. The van der Waals surface area contributed by atoms with Crippen LogP contribution in [-0.2, 0) is 6.42 Å². The lowest BCUT2D eigenvalue weighted by Crippen LogP contribution is -2.03. The van der Waals surface area contributed by atoms with Gasteiger partial charge < -0.3 is 0 Å². The number of benzene rings is 2. The molecule has 0 aliphatic carbocycles. The highest BCUT2D eigenvalue weighted by Crippen LogP contribution is 2.14. The third kappa shape index (κ3) is 3.54. The highest BCUT2D eigenvalue weighted by Gasteiger charge is 2.08. The fourth-order valence-corrected chi connectivity index (χ4v) is 2.49. The Bertz CT molecular complexity index is 576. The molecule has 0 saturated heterocycles. The summed E-state index contributed by atoms with van der Waals surface area (Å²) >= 11 is 0. The van der Waals surface area contributed by atoms with E-state index < -0.39 is 0 Å². The van der Waals surface area contributed by atoms with Crippen molar-refractivity contribution < 1.29 is 4.79 Å². The smallest absolute Gasteiger partial charge is 0.163 e. The third-order valence-electron chi connectivity index (χ3n) is 3.37.